The van der Waals surface area contributed by atoms with Gasteiger partial charge in [0.2, 0.25) is 0 Å². The summed E-state index contributed by atoms with van der Waals surface area (Å²) in [7, 11) is 0. The van der Waals surface area contributed by atoms with E-state index in [4.69, 9.17) is 16.6 Å². The lowest BCUT2D eigenvalue weighted by molar-refractivity contribution is 0.272. The molecule has 3 nitrogen and oxygen atoms in total. The van der Waals surface area contributed by atoms with Gasteiger partial charge in [-0.3, -0.25) is 4.98 Å². The number of hydrogen-bond donors (Lipinski definition) is 1. The summed E-state index contributed by atoms with van der Waals surface area (Å²) in [6.45, 7) is 2.25. The van der Waals surface area contributed by atoms with Gasteiger partial charge in [0.05, 0.1) is 16.6 Å². The van der Waals surface area contributed by atoms with Crippen molar-refractivity contribution in [1.29, 1.82) is 0 Å². The predicted octanol–water partition coefficient (Wildman–Crippen LogP) is 7.37. The van der Waals surface area contributed by atoms with Crippen molar-refractivity contribution in [3.8, 4) is 0 Å². The van der Waals surface area contributed by atoms with Gasteiger partial charge in [0.25, 0.3) is 0 Å². The van der Waals surface area contributed by atoms with Gasteiger partial charge in [-0.2, -0.15) is 0 Å². The molecule has 0 aliphatic heterocycles. The minimum Gasteiger partial charge on any atom is -0.342 e. The third kappa shape index (κ3) is 3.58. The van der Waals surface area contributed by atoms with Gasteiger partial charge in [-0.05, 0) is 92.0 Å². The quantitative estimate of drug-likeness (QED) is 0.373. The first-order valence-electron chi connectivity index (χ1n) is 10.8. The largest absolute Gasteiger partial charge is 0.342 e. The monoisotopic (exact) mass is 421 g/mol. The van der Waals surface area contributed by atoms with Crippen molar-refractivity contribution in [2.24, 2.45) is 5.92 Å². The normalized spacial score (nSPS) is 20.6. The van der Waals surface area contributed by atoms with Crippen molar-refractivity contribution in [1.82, 2.24) is 15.0 Å². The fraction of sp³-hybridized carbons (Fsp3) is 0.360. The third-order valence-corrected chi connectivity index (χ3v) is 7.01. The minimum atomic E-state index is -0.193. The molecule has 30 heavy (non-hydrogen) atoms. The van der Waals surface area contributed by atoms with Gasteiger partial charge >= 0.3 is 0 Å². The highest BCUT2D eigenvalue weighted by molar-refractivity contribution is 6.31. The predicted molar refractivity (Wildman–Crippen MR) is 121 cm³/mol. The van der Waals surface area contributed by atoms with Crippen LogP contribution in [0.2, 0.25) is 5.02 Å². The minimum absolute atomic E-state index is 0.193. The van der Waals surface area contributed by atoms with Crippen LogP contribution >= 0.6 is 11.6 Å². The molecule has 0 unspecified atom stereocenters. The number of aromatic amines is 1. The van der Waals surface area contributed by atoms with Gasteiger partial charge in [0.15, 0.2) is 0 Å². The van der Waals surface area contributed by atoms with Gasteiger partial charge in [0.1, 0.15) is 11.6 Å². The smallest absolute Gasteiger partial charge is 0.123 e. The Bertz CT molecular complexity index is 1190. The zero-order valence-electron chi connectivity index (χ0n) is 17.0. The van der Waals surface area contributed by atoms with Crippen LogP contribution in [0.4, 0.5) is 4.39 Å². The Morgan fingerprint density at radius 2 is 1.87 bits per heavy atom. The molecule has 5 rings (SSSR count). The number of nitrogens with one attached hydrogen (secondary N) is 1. The molecule has 1 N–H and O–H groups in total. The van der Waals surface area contributed by atoms with Crippen LogP contribution in [0, 0.1) is 11.7 Å². The van der Waals surface area contributed by atoms with E-state index < -0.39 is 0 Å². The standard InChI is InChI=1S/C25H25ClFN3/c1-2-19(25-29-23-9-7-17(26)13-24(23)30-25)15-3-5-16(6-4-15)20-11-12-28-22-10-8-18(27)14-21(20)22/h7-16,19H,2-6H2,1H3,(H,29,30)/t15-,16-,19-/m0/s1. The third-order valence-electron chi connectivity index (χ3n) is 6.77. The Kier molecular flexibility index (Phi) is 5.20. The molecule has 1 atom stereocenters. The first-order chi connectivity index (χ1) is 14.6. The maximum Gasteiger partial charge on any atom is 0.123 e. The van der Waals surface area contributed by atoms with Crippen LogP contribution in [-0.4, -0.2) is 15.0 Å². The lowest BCUT2D eigenvalue weighted by Crippen LogP contribution is -2.20. The Hall–Kier alpha value is -2.46. The molecule has 0 saturated heterocycles. The van der Waals surface area contributed by atoms with Gasteiger partial charge in [0, 0.05) is 22.5 Å². The molecular formula is C25H25ClFN3. The number of pyridine rings is 1. The molecular weight excluding hydrogens is 397 g/mol. The summed E-state index contributed by atoms with van der Waals surface area (Å²) in [6.07, 6.45) is 7.45. The van der Waals surface area contributed by atoms with Crippen molar-refractivity contribution in [3.05, 3.63) is 70.9 Å². The van der Waals surface area contributed by atoms with Gasteiger partial charge in [-0.15, -0.1) is 0 Å². The number of hydrogen-bond acceptors (Lipinski definition) is 2. The van der Waals surface area contributed by atoms with Crippen LogP contribution in [0.1, 0.15) is 62.3 Å². The van der Waals surface area contributed by atoms with Crippen LogP contribution in [0.25, 0.3) is 21.9 Å². The summed E-state index contributed by atoms with van der Waals surface area (Å²) >= 11 is 6.14. The molecule has 2 aromatic heterocycles. The second kappa shape index (κ2) is 7.99. The number of aromatic nitrogens is 3. The Labute approximate surface area is 180 Å². The molecule has 2 heterocycles. The van der Waals surface area contributed by atoms with E-state index in [-0.39, 0.29) is 5.82 Å². The van der Waals surface area contributed by atoms with E-state index in [1.165, 1.54) is 11.6 Å². The van der Waals surface area contributed by atoms with Crippen molar-refractivity contribution >= 4 is 33.5 Å². The molecule has 0 amide bonds. The van der Waals surface area contributed by atoms with Crippen LogP contribution in [0.15, 0.2) is 48.7 Å². The lowest BCUT2D eigenvalue weighted by atomic mass is 9.72. The zero-order valence-corrected chi connectivity index (χ0v) is 17.8. The molecule has 1 aliphatic rings. The molecule has 2 aromatic carbocycles. The molecule has 5 heteroatoms. The van der Waals surface area contributed by atoms with Crippen molar-refractivity contribution in [2.45, 2.75) is 50.9 Å². The average molecular weight is 422 g/mol. The average Bonchev–Trinajstić information content (AvgIpc) is 3.17. The van der Waals surface area contributed by atoms with E-state index >= 15 is 0 Å². The van der Waals surface area contributed by atoms with Crippen molar-refractivity contribution in [2.75, 3.05) is 0 Å². The van der Waals surface area contributed by atoms with E-state index in [0.717, 1.165) is 64.9 Å². The molecule has 1 aliphatic carbocycles. The number of rotatable bonds is 4. The van der Waals surface area contributed by atoms with Crippen LogP contribution < -0.4 is 0 Å². The van der Waals surface area contributed by atoms with E-state index in [0.29, 0.717) is 17.8 Å². The van der Waals surface area contributed by atoms with E-state index in [1.54, 1.807) is 12.1 Å². The summed E-state index contributed by atoms with van der Waals surface area (Å²) in [5, 5.41) is 1.69. The highest BCUT2D eigenvalue weighted by Crippen LogP contribution is 2.44. The second-order valence-electron chi connectivity index (χ2n) is 8.47. The molecule has 4 aromatic rings. The molecule has 0 spiro atoms. The number of imidazole rings is 1. The molecule has 1 saturated carbocycles. The maximum absolute atomic E-state index is 13.9. The topological polar surface area (TPSA) is 41.6 Å². The Balaban J connectivity index is 1.36. The number of benzene rings is 2. The number of fused-ring (bicyclic) bond motifs is 2. The Morgan fingerprint density at radius 1 is 1.07 bits per heavy atom. The number of H-pyrrole nitrogens is 1. The summed E-state index contributed by atoms with van der Waals surface area (Å²) in [6, 6.07) is 12.8. The lowest BCUT2D eigenvalue weighted by Gasteiger charge is -2.33. The maximum atomic E-state index is 13.9. The fourth-order valence-electron chi connectivity index (χ4n) is 5.26. The van der Waals surface area contributed by atoms with E-state index in [1.807, 2.05) is 24.4 Å². The second-order valence-corrected chi connectivity index (χ2v) is 8.91. The van der Waals surface area contributed by atoms with Gasteiger partial charge < -0.3 is 4.98 Å². The molecule has 0 radical (unpaired) electrons. The number of nitrogens with zero attached hydrogens (tertiary/aromatic N) is 2. The zero-order chi connectivity index (χ0) is 20.7. The molecule has 154 valence electrons. The van der Waals surface area contributed by atoms with E-state index in [2.05, 4.69) is 23.0 Å². The number of halogens is 2. The van der Waals surface area contributed by atoms with E-state index in [9.17, 15) is 4.39 Å². The summed E-state index contributed by atoms with van der Waals surface area (Å²) < 4.78 is 13.9. The highest BCUT2D eigenvalue weighted by Gasteiger charge is 2.30. The molecule has 0 bridgehead atoms. The summed E-state index contributed by atoms with van der Waals surface area (Å²) in [5.74, 6) is 2.37. The van der Waals surface area contributed by atoms with Crippen LogP contribution in [0.5, 0.6) is 0 Å². The van der Waals surface area contributed by atoms with Gasteiger partial charge in [-0.1, -0.05) is 18.5 Å². The summed E-state index contributed by atoms with van der Waals surface area (Å²) in [5.41, 5.74) is 4.11. The van der Waals surface area contributed by atoms with Gasteiger partial charge in [-0.25, -0.2) is 9.37 Å². The van der Waals surface area contributed by atoms with Crippen LogP contribution in [-0.2, 0) is 0 Å². The first kappa shape index (κ1) is 19.5. The molecule has 1 fully saturated rings. The SMILES string of the molecule is CC[C@H](c1nc2ccc(Cl)cc2[nH]1)[C@H]1CC[C@H](c2ccnc3ccc(F)cc32)CC1. The first-order valence-corrected chi connectivity index (χ1v) is 11.2. The van der Waals surface area contributed by atoms with Crippen molar-refractivity contribution in [3.63, 3.8) is 0 Å². The summed E-state index contributed by atoms with van der Waals surface area (Å²) in [4.78, 5) is 12.8. The highest BCUT2D eigenvalue weighted by atomic mass is 35.5. The van der Waals surface area contributed by atoms with Crippen molar-refractivity contribution < 1.29 is 4.39 Å². The van der Waals surface area contributed by atoms with Crippen LogP contribution in [0.3, 0.4) is 0 Å². The Morgan fingerprint density at radius 3 is 2.67 bits per heavy atom. The fourth-order valence-corrected chi connectivity index (χ4v) is 5.43.